The maximum absolute atomic E-state index is 12.5. The van der Waals surface area contributed by atoms with E-state index in [1.54, 1.807) is 32.0 Å². The topological polar surface area (TPSA) is 78.2 Å². The van der Waals surface area contributed by atoms with Gasteiger partial charge in [-0.3, -0.25) is 14.3 Å². The van der Waals surface area contributed by atoms with Gasteiger partial charge in [-0.2, -0.15) is 5.10 Å². The van der Waals surface area contributed by atoms with Gasteiger partial charge in [-0.05, 0) is 19.9 Å². The molecule has 1 N–H and O–H groups in total. The molecule has 1 atom stereocenters. The van der Waals surface area contributed by atoms with Crippen LogP contribution in [0.3, 0.4) is 0 Å². The van der Waals surface area contributed by atoms with Crippen LogP contribution in [0.25, 0.3) is 10.9 Å². The monoisotopic (exact) mass is 292 g/mol. The number of carbonyl (C=O) groups is 1. The number of amides is 1. The van der Waals surface area contributed by atoms with E-state index < -0.39 is 6.04 Å². The first-order valence-electron chi connectivity index (χ1n) is 6.78. The molecule has 0 radical (unpaired) electrons. The molecule has 2 rings (SSSR count). The van der Waals surface area contributed by atoms with E-state index in [1.807, 2.05) is 13.0 Å². The fourth-order valence-electron chi connectivity index (χ4n) is 2.33. The second-order valence-corrected chi connectivity index (χ2v) is 4.96. The fourth-order valence-corrected chi connectivity index (χ4v) is 2.33. The Balaban J connectivity index is 2.34. The number of pyridine rings is 1. The summed E-state index contributed by atoms with van der Waals surface area (Å²) in [4.78, 5) is 24.6. The highest BCUT2D eigenvalue weighted by molar-refractivity contribution is 5.83. The number of hydrogen-bond donors (Lipinski definition) is 1. The highest BCUT2D eigenvalue weighted by Crippen LogP contribution is 2.14. The number of nitrogens with one attached hydrogen (secondary N) is 1. The van der Waals surface area contributed by atoms with E-state index in [9.17, 15) is 9.59 Å². The van der Waals surface area contributed by atoms with Crippen LogP contribution in [0.5, 0.6) is 0 Å². The van der Waals surface area contributed by atoms with Gasteiger partial charge in [0.2, 0.25) is 5.91 Å². The number of aromatic nitrogens is 3. The van der Waals surface area contributed by atoms with Crippen molar-refractivity contribution >= 4 is 16.8 Å². The first kappa shape index (κ1) is 15.2. The molecular formula is C14H20N4O3. The van der Waals surface area contributed by atoms with E-state index >= 15 is 0 Å². The number of rotatable bonds is 5. The van der Waals surface area contributed by atoms with Gasteiger partial charge in [-0.25, -0.2) is 0 Å². The Labute approximate surface area is 122 Å². The molecule has 2 heterocycles. The zero-order valence-electron chi connectivity index (χ0n) is 12.7. The molecule has 2 aromatic heterocycles. The lowest BCUT2D eigenvalue weighted by Gasteiger charge is -2.15. The first-order chi connectivity index (χ1) is 9.97. The second kappa shape index (κ2) is 6.09. The van der Waals surface area contributed by atoms with Crippen molar-refractivity contribution in [1.29, 1.82) is 0 Å². The van der Waals surface area contributed by atoms with Gasteiger partial charge in [0, 0.05) is 32.3 Å². The van der Waals surface area contributed by atoms with Crippen LogP contribution in [-0.2, 0) is 16.6 Å². The quantitative estimate of drug-likeness (QED) is 0.808. The Morgan fingerprint density at radius 2 is 2.24 bits per heavy atom. The molecule has 114 valence electrons. The van der Waals surface area contributed by atoms with Gasteiger partial charge in [-0.1, -0.05) is 0 Å². The lowest BCUT2D eigenvalue weighted by Crippen LogP contribution is -2.37. The standard InChI is InChI=1S/C14H20N4O3/c1-9-11-5-7-18(14(20)12(11)17(3)16-9)10(2)13(19)15-6-8-21-4/h5,7,10H,6,8H2,1-4H3,(H,15,19). The molecule has 0 aliphatic heterocycles. The maximum atomic E-state index is 12.5. The maximum Gasteiger partial charge on any atom is 0.277 e. The summed E-state index contributed by atoms with van der Waals surface area (Å²) in [6.45, 7) is 4.40. The summed E-state index contributed by atoms with van der Waals surface area (Å²) in [5.41, 5.74) is 1.09. The minimum atomic E-state index is -0.589. The molecule has 0 saturated heterocycles. The molecule has 7 nitrogen and oxygen atoms in total. The van der Waals surface area contributed by atoms with E-state index in [0.717, 1.165) is 11.1 Å². The van der Waals surface area contributed by atoms with Crippen molar-refractivity contribution in [1.82, 2.24) is 19.7 Å². The van der Waals surface area contributed by atoms with Gasteiger partial charge < -0.3 is 14.6 Å². The Bertz CT molecular complexity index is 717. The van der Waals surface area contributed by atoms with Crippen LogP contribution in [0.1, 0.15) is 18.7 Å². The van der Waals surface area contributed by atoms with Gasteiger partial charge >= 0.3 is 0 Å². The molecule has 0 spiro atoms. The van der Waals surface area contributed by atoms with E-state index in [4.69, 9.17) is 4.74 Å². The summed E-state index contributed by atoms with van der Waals surface area (Å²) in [6.07, 6.45) is 1.64. The lowest BCUT2D eigenvalue weighted by molar-refractivity contribution is -0.124. The molecule has 1 amide bonds. The minimum absolute atomic E-state index is 0.215. The molecule has 0 aliphatic rings. The van der Waals surface area contributed by atoms with Crippen molar-refractivity contribution in [2.75, 3.05) is 20.3 Å². The van der Waals surface area contributed by atoms with Crippen LogP contribution in [0.15, 0.2) is 17.1 Å². The predicted octanol–water partition coefficient (Wildman–Crippen LogP) is 0.367. The van der Waals surface area contributed by atoms with Crippen LogP contribution in [0.2, 0.25) is 0 Å². The molecule has 0 bridgehead atoms. The number of fused-ring (bicyclic) bond motifs is 1. The summed E-state index contributed by atoms with van der Waals surface area (Å²) in [7, 11) is 3.29. The molecule has 0 saturated carbocycles. The largest absolute Gasteiger partial charge is 0.383 e. The number of nitrogens with zero attached hydrogens (tertiary/aromatic N) is 3. The lowest BCUT2D eigenvalue weighted by atomic mass is 10.2. The fraction of sp³-hybridized carbons (Fsp3) is 0.500. The molecule has 21 heavy (non-hydrogen) atoms. The third-order valence-electron chi connectivity index (χ3n) is 3.51. The SMILES string of the molecule is COCCNC(=O)C(C)n1ccc2c(C)nn(C)c2c1=O. The molecule has 2 aromatic rings. The average molecular weight is 292 g/mol. The van der Waals surface area contributed by atoms with Crippen LogP contribution < -0.4 is 10.9 Å². The average Bonchev–Trinajstić information content (AvgIpc) is 2.74. The van der Waals surface area contributed by atoms with Gasteiger partial charge in [0.25, 0.3) is 5.56 Å². The number of hydrogen-bond acceptors (Lipinski definition) is 4. The summed E-state index contributed by atoms with van der Waals surface area (Å²) in [6, 6.07) is 1.23. The van der Waals surface area contributed by atoms with Gasteiger partial charge in [0.15, 0.2) is 0 Å². The van der Waals surface area contributed by atoms with Gasteiger partial charge in [0.1, 0.15) is 11.6 Å². The highest BCUT2D eigenvalue weighted by Gasteiger charge is 2.18. The van der Waals surface area contributed by atoms with Crippen molar-refractivity contribution < 1.29 is 9.53 Å². The number of methoxy groups -OCH3 is 1. The summed E-state index contributed by atoms with van der Waals surface area (Å²) in [5.74, 6) is -0.215. The number of ether oxygens (including phenoxy) is 1. The Morgan fingerprint density at radius 3 is 2.90 bits per heavy atom. The summed E-state index contributed by atoms with van der Waals surface area (Å²) >= 11 is 0. The minimum Gasteiger partial charge on any atom is -0.383 e. The summed E-state index contributed by atoms with van der Waals surface area (Å²) < 4.78 is 7.86. The zero-order chi connectivity index (χ0) is 15.6. The van der Waals surface area contributed by atoms with Gasteiger partial charge in [-0.15, -0.1) is 0 Å². The smallest absolute Gasteiger partial charge is 0.277 e. The van der Waals surface area contributed by atoms with Crippen LogP contribution >= 0.6 is 0 Å². The Kier molecular flexibility index (Phi) is 4.42. The highest BCUT2D eigenvalue weighted by atomic mass is 16.5. The Morgan fingerprint density at radius 1 is 1.52 bits per heavy atom. The zero-order valence-corrected chi connectivity index (χ0v) is 12.7. The van der Waals surface area contributed by atoms with Crippen LogP contribution in [0.4, 0.5) is 0 Å². The predicted molar refractivity (Wildman–Crippen MR) is 79.3 cm³/mol. The Hall–Kier alpha value is -2.15. The van der Waals surface area contributed by atoms with Crippen molar-refractivity contribution in [3.63, 3.8) is 0 Å². The molecule has 0 aromatic carbocycles. The normalized spacial score (nSPS) is 12.6. The second-order valence-electron chi connectivity index (χ2n) is 4.96. The molecule has 1 unspecified atom stereocenters. The molecule has 0 fully saturated rings. The van der Waals surface area contributed by atoms with E-state index in [2.05, 4.69) is 10.4 Å². The third kappa shape index (κ3) is 2.82. The molecule has 0 aliphatic carbocycles. The number of carbonyl (C=O) groups excluding carboxylic acids is 1. The first-order valence-corrected chi connectivity index (χ1v) is 6.78. The van der Waals surface area contributed by atoms with Crippen LogP contribution in [-0.4, -0.2) is 40.5 Å². The molecule has 7 heteroatoms. The molecular weight excluding hydrogens is 272 g/mol. The van der Waals surface area contributed by atoms with E-state index in [-0.39, 0.29) is 11.5 Å². The van der Waals surface area contributed by atoms with Crippen LogP contribution in [0, 0.1) is 6.92 Å². The van der Waals surface area contributed by atoms with E-state index in [0.29, 0.717) is 18.7 Å². The van der Waals surface area contributed by atoms with Crippen molar-refractivity contribution in [2.24, 2.45) is 7.05 Å². The number of aryl methyl sites for hydroxylation is 2. The van der Waals surface area contributed by atoms with Crippen molar-refractivity contribution in [3.8, 4) is 0 Å². The van der Waals surface area contributed by atoms with Gasteiger partial charge in [0.05, 0.1) is 12.3 Å². The van der Waals surface area contributed by atoms with E-state index in [1.165, 1.54) is 4.57 Å². The summed E-state index contributed by atoms with van der Waals surface area (Å²) in [5, 5.41) is 7.78. The third-order valence-corrected chi connectivity index (χ3v) is 3.51. The van der Waals surface area contributed by atoms with Crippen molar-refractivity contribution in [2.45, 2.75) is 19.9 Å². The van der Waals surface area contributed by atoms with Crippen molar-refractivity contribution in [3.05, 3.63) is 28.3 Å².